The SMILES string of the molecule is COc1nc(N2CCC(CNC(=O)OC(C)(C)C)CC2)cc2cnn(C)c(=O)c12. The molecule has 1 saturated heterocycles. The molecule has 0 aromatic carbocycles. The van der Waals surface area contributed by atoms with Crippen LogP contribution in [0.4, 0.5) is 10.6 Å². The van der Waals surface area contributed by atoms with E-state index in [1.165, 1.54) is 11.8 Å². The molecule has 0 atom stereocenters. The molecule has 0 aliphatic carbocycles. The number of aryl methyl sites for hydroxylation is 1. The molecular formula is C20H29N5O4. The number of amides is 1. The largest absolute Gasteiger partial charge is 0.480 e. The number of aromatic nitrogens is 3. The number of carbonyl (C=O) groups excluding carboxylic acids is 1. The first kappa shape index (κ1) is 20.9. The molecule has 9 heteroatoms. The van der Waals surface area contributed by atoms with E-state index in [1.807, 2.05) is 26.8 Å². The molecule has 3 rings (SSSR count). The smallest absolute Gasteiger partial charge is 0.407 e. The maximum Gasteiger partial charge on any atom is 0.407 e. The number of piperidine rings is 1. The number of hydrogen-bond donors (Lipinski definition) is 1. The molecule has 0 radical (unpaired) electrons. The van der Waals surface area contributed by atoms with E-state index in [4.69, 9.17) is 9.47 Å². The molecule has 0 unspecified atom stereocenters. The lowest BCUT2D eigenvalue weighted by atomic mass is 9.97. The van der Waals surface area contributed by atoms with Gasteiger partial charge in [-0.25, -0.2) is 9.48 Å². The van der Waals surface area contributed by atoms with E-state index in [0.717, 1.165) is 31.7 Å². The summed E-state index contributed by atoms with van der Waals surface area (Å²) in [5.41, 5.74) is -0.727. The van der Waals surface area contributed by atoms with Gasteiger partial charge in [0.2, 0.25) is 5.88 Å². The Bertz CT molecular complexity index is 942. The highest BCUT2D eigenvalue weighted by atomic mass is 16.6. The topological polar surface area (TPSA) is 98.6 Å². The number of ether oxygens (including phenoxy) is 2. The van der Waals surface area contributed by atoms with Gasteiger partial charge < -0.3 is 19.7 Å². The van der Waals surface area contributed by atoms with Gasteiger partial charge in [0.1, 0.15) is 16.8 Å². The van der Waals surface area contributed by atoms with Crippen molar-refractivity contribution >= 4 is 22.7 Å². The van der Waals surface area contributed by atoms with Crippen LogP contribution in [0, 0.1) is 5.92 Å². The van der Waals surface area contributed by atoms with E-state index >= 15 is 0 Å². The van der Waals surface area contributed by atoms with Crippen molar-refractivity contribution in [2.75, 3.05) is 31.6 Å². The first-order valence-corrected chi connectivity index (χ1v) is 9.81. The third-order valence-corrected chi connectivity index (χ3v) is 4.95. The van der Waals surface area contributed by atoms with Crippen molar-refractivity contribution in [3.05, 3.63) is 22.6 Å². The van der Waals surface area contributed by atoms with Crippen LogP contribution in [-0.4, -0.2) is 53.2 Å². The Morgan fingerprint density at radius 2 is 2.00 bits per heavy atom. The average Bonchev–Trinajstić information content (AvgIpc) is 2.67. The standard InChI is InChI=1S/C20H29N5O4/c1-20(2,3)29-19(27)21-11-13-6-8-25(9-7-13)15-10-14-12-22-24(4)18(26)16(14)17(23-15)28-5/h10,12-13H,6-9,11H2,1-5H3,(H,21,27). The zero-order valence-corrected chi connectivity index (χ0v) is 17.7. The predicted octanol–water partition coefficient (Wildman–Crippen LogP) is 2.08. The third kappa shape index (κ3) is 4.96. The number of pyridine rings is 1. The van der Waals surface area contributed by atoms with Crippen LogP contribution in [0.25, 0.3) is 10.8 Å². The van der Waals surface area contributed by atoms with Crippen molar-refractivity contribution in [2.45, 2.75) is 39.2 Å². The highest BCUT2D eigenvalue weighted by Crippen LogP contribution is 2.28. The summed E-state index contributed by atoms with van der Waals surface area (Å²) in [7, 11) is 3.12. The molecule has 0 bridgehead atoms. The van der Waals surface area contributed by atoms with Crippen molar-refractivity contribution in [3.63, 3.8) is 0 Å². The first-order chi connectivity index (χ1) is 13.7. The van der Waals surface area contributed by atoms with E-state index < -0.39 is 5.60 Å². The maximum absolute atomic E-state index is 12.4. The number of fused-ring (bicyclic) bond motifs is 1. The van der Waals surface area contributed by atoms with Crippen LogP contribution in [-0.2, 0) is 11.8 Å². The predicted molar refractivity (Wildman–Crippen MR) is 111 cm³/mol. The molecule has 1 aliphatic heterocycles. The number of hydrogen-bond acceptors (Lipinski definition) is 7. The lowest BCUT2D eigenvalue weighted by Crippen LogP contribution is -2.40. The van der Waals surface area contributed by atoms with Gasteiger partial charge in [-0.05, 0) is 45.6 Å². The van der Waals surface area contributed by atoms with Gasteiger partial charge in [0.15, 0.2) is 0 Å². The minimum atomic E-state index is -0.496. The van der Waals surface area contributed by atoms with Gasteiger partial charge in [-0.3, -0.25) is 4.79 Å². The molecule has 1 fully saturated rings. The minimum absolute atomic E-state index is 0.231. The van der Waals surface area contributed by atoms with E-state index in [2.05, 4.69) is 20.3 Å². The summed E-state index contributed by atoms with van der Waals surface area (Å²) >= 11 is 0. The quantitative estimate of drug-likeness (QED) is 0.834. The van der Waals surface area contributed by atoms with E-state index in [9.17, 15) is 9.59 Å². The average molecular weight is 403 g/mol. The van der Waals surface area contributed by atoms with Crippen molar-refractivity contribution in [2.24, 2.45) is 13.0 Å². The summed E-state index contributed by atoms with van der Waals surface area (Å²) in [6.45, 7) is 7.75. The number of nitrogens with one attached hydrogen (secondary N) is 1. The van der Waals surface area contributed by atoms with Crippen LogP contribution in [0.2, 0.25) is 0 Å². The van der Waals surface area contributed by atoms with E-state index in [1.54, 1.807) is 13.2 Å². The zero-order chi connectivity index (χ0) is 21.2. The summed E-state index contributed by atoms with van der Waals surface area (Å²) in [5.74, 6) is 1.47. The zero-order valence-electron chi connectivity index (χ0n) is 17.7. The molecule has 0 spiro atoms. The Balaban J connectivity index is 1.65. The van der Waals surface area contributed by atoms with Gasteiger partial charge in [-0.15, -0.1) is 0 Å². The maximum atomic E-state index is 12.4. The minimum Gasteiger partial charge on any atom is -0.480 e. The van der Waals surface area contributed by atoms with Gasteiger partial charge in [-0.2, -0.15) is 10.1 Å². The molecule has 0 saturated carbocycles. The van der Waals surface area contributed by atoms with Crippen molar-refractivity contribution in [1.82, 2.24) is 20.1 Å². The Morgan fingerprint density at radius 3 is 2.62 bits per heavy atom. The first-order valence-electron chi connectivity index (χ1n) is 9.81. The third-order valence-electron chi connectivity index (χ3n) is 4.95. The van der Waals surface area contributed by atoms with Crippen LogP contribution in [0.3, 0.4) is 0 Å². The Labute approximate surface area is 170 Å². The van der Waals surface area contributed by atoms with E-state index in [-0.39, 0.29) is 11.7 Å². The Hall–Kier alpha value is -2.84. The molecule has 9 nitrogen and oxygen atoms in total. The highest BCUT2D eigenvalue weighted by molar-refractivity contribution is 5.87. The van der Waals surface area contributed by atoms with Crippen molar-refractivity contribution in [1.29, 1.82) is 0 Å². The molecule has 158 valence electrons. The molecule has 1 N–H and O–H groups in total. The molecule has 1 amide bonds. The number of carbonyl (C=O) groups is 1. The number of alkyl carbamates (subject to hydrolysis) is 1. The van der Waals surface area contributed by atoms with Gasteiger partial charge in [0.05, 0.1) is 13.3 Å². The number of methoxy groups -OCH3 is 1. The lowest BCUT2D eigenvalue weighted by Gasteiger charge is -2.33. The summed E-state index contributed by atoms with van der Waals surface area (Å²) in [5, 5.41) is 8.10. The van der Waals surface area contributed by atoms with Gasteiger partial charge >= 0.3 is 6.09 Å². The summed E-state index contributed by atoms with van der Waals surface area (Å²) in [6.07, 6.45) is 3.12. The number of anilines is 1. The number of nitrogens with zero attached hydrogens (tertiary/aromatic N) is 4. The monoisotopic (exact) mass is 403 g/mol. The molecular weight excluding hydrogens is 374 g/mol. The number of rotatable bonds is 4. The van der Waals surface area contributed by atoms with Crippen LogP contribution in [0.15, 0.2) is 17.1 Å². The normalized spacial score (nSPS) is 15.4. The fourth-order valence-electron chi connectivity index (χ4n) is 3.42. The lowest BCUT2D eigenvalue weighted by molar-refractivity contribution is 0.0517. The molecule has 2 aromatic rings. The second-order valence-electron chi connectivity index (χ2n) is 8.34. The van der Waals surface area contributed by atoms with Gasteiger partial charge in [-0.1, -0.05) is 0 Å². The van der Waals surface area contributed by atoms with Crippen molar-refractivity contribution in [3.8, 4) is 5.88 Å². The van der Waals surface area contributed by atoms with Crippen LogP contribution < -0.4 is 20.5 Å². The van der Waals surface area contributed by atoms with Gasteiger partial charge in [0, 0.05) is 32.1 Å². The second kappa shape index (κ2) is 8.26. The highest BCUT2D eigenvalue weighted by Gasteiger charge is 2.23. The Kier molecular flexibility index (Phi) is 5.95. The van der Waals surface area contributed by atoms with Crippen molar-refractivity contribution < 1.29 is 14.3 Å². The summed E-state index contributed by atoms with van der Waals surface area (Å²) in [4.78, 5) is 30.9. The molecule has 29 heavy (non-hydrogen) atoms. The van der Waals surface area contributed by atoms with Crippen LogP contribution in [0.1, 0.15) is 33.6 Å². The fraction of sp³-hybridized carbons (Fsp3) is 0.600. The van der Waals surface area contributed by atoms with Gasteiger partial charge in [0.25, 0.3) is 5.56 Å². The molecule has 2 aromatic heterocycles. The second-order valence-corrected chi connectivity index (χ2v) is 8.34. The Morgan fingerprint density at radius 1 is 1.31 bits per heavy atom. The summed E-state index contributed by atoms with van der Waals surface area (Å²) in [6, 6.07) is 1.88. The molecule has 3 heterocycles. The summed E-state index contributed by atoms with van der Waals surface area (Å²) < 4.78 is 11.9. The van der Waals surface area contributed by atoms with Crippen LogP contribution >= 0.6 is 0 Å². The van der Waals surface area contributed by atoms with Crippen LogP contribution in [0.5, 0.6) is 5.88 Å². The molecule has 1 aliphatic rings. The fourth-order valence-corrected chi connectivity index (χ4v) is 3.42. The van der Waals surface area contributed by atoms with E-state index in [0.29, 0.717) is 29.1 Å².